The molecule has 0 bridgehead atoms. The predicted molar refractivity (Wildman–Crippen MR) is 172 cm³/mol. The molecule has 0 fully saturated rings. The van der Waals surface area contributed by atoms with Crippen LogP contribution in [-0.2, 0) is 34.1 Å². The maximum absolute atomic E-state index is 4.63. The summed E-state index contributed by atoms with van der Waals surface area (Å²) in [4.78, 5) is 0. The van der Waals surface area contributed by atoms with Crippen molar-refractivity contribution < 1.29 is 34.1 Å². The predicted octanol–water partition coefficient (Wildman–Crippen LogP) is 10.6. The summed E-state index contributed by atoms with van der Waals surface area (Å²) in [6.07, 6.45) is 3.53. The summed E-state index contributed by atoms with van der Waals surface area (Å²) < 4.78 is 0. The normalized spacial score (nSPS) is 17.0. The van der Waals surface area contributed by atoms with Crippen molar-refractivity contribution in [1.29, 1.82) is 0 Å². The van der Waals surface area contributed by atoms with Gasteiger partial charge in [-0.3, -0.25) is 0 Å². The molecule has 6 aromatic carbocycles. The Hall–Kier alpha value is -3.64. The molecule has 0 aliphatic heterocycles. The molecule has 0 spiro atoms. The third kappa shape index (κ3) is 8.68. The smallest absolute Gasteiger partial charge is 0.214 e. The number of rotatable bonds is 5. The molecule has 212 valence electrons. The largest absolute Gasteiger partial charge is 2.00 e. The Morgan fingerprint density at radius 1 is 0.595 bits per heavy atom. The van der Waals surface area contributed by atoms with E-state index in [1.807, 2.05) is 60.7 Å². The van der Waals surface area contributed by atoms with E-state index in [1.165, 1.54) is 33.4 Å². The van der Waals surface area contributed by atoms with Crippen LogP contribution in [0.25, 0.3) is 11.1 Å². The summed E-state index contributed by atoms with van der Waals surface area (Å²) in [7, 11) is 0. The van der Waals surface area contributed by atoms with Gasteiger partial charge in [-0.2, -0.15) is 67.2 Å². The zero-order valence-corrected chi connectivity index (χ0v) is 25.8. The van der Waals surface area contributed by atoms with Gasteiger partial charge in [0, 0.05) is 0 Å². The van der Waals surface area contributed by atoms with Gasteiger partial charge in [0.2, 0.25) is 0 Å². The summed E-state index contributed by atoms with van der Waals surface area (Å²) >= 11 is 0. The molecule has 2 heteroatoms. The van der Waals surface area contributed by atoms with Gasteiger partial charge in [0.15, 0.2) is 0 Å². The molecule has 3 atom stereocenters. The number of allylic oxidation sites excluding steroid dienone is 3. The monoisotopic (exact) mass is 628 g/mol. The minimum atomic E-state index is 0. The van der Waals surface area contributed by atoms with E-state index in [2.05, 4.69) is 122 Å². The standard InChI is InChI=1S/C30H26.2C5H5.2Fe/c1-22(23-12-8-9-13-23)30-28(25-16-4-2-5-17-25)20-27(24-14-10-11-15-24)21-29(30)26-18-6-3-7-19-26;2*1-2-4-5-3-1;;/h2-20,28-30H,1,21H2;2*1-5H;;/q-2;2*-1;2*+2. The average molecular weight is 628 g/mol. The summed E-state index contributed by atoms with van der Waals surface area (Å²) in [5.74, 6) is 0.988. The van der Waals surface area contributed by atoms with Gasteiger partial charge in [-0.1, -0.05) is 60.7 Å². The summed E-state index contributed by atoms with van der Waals surface area (Å²) in [5.41, 5.74) is 8.03. The van der Waals surface area contributed by atoms with E-state index in [4.69, 9.17) is 0 Å². The topological polar surface area (TPSA) is 0 Å². The number of hydrogen-bond donors (Lipinski definition) is 0. The van der Waals surface area contributed by atoms with E-state index in [0.717, 1.165) is 6.42 Å². The van der Waals surface area contributed by atoms with Gasteiger partial charge < -0.3 is 0 Å². The molecule has 0 N–H and O–H groups in total. The molecule has 3 unspecified atom stereocenters. The molecule has 0 saturated heterocycles. The summed E-state index contributed by atoms with van der Waals surface area (Å²) in [5, 5.41) is 0. The van der Waals surface area contributed by atoms with Crippen molar-refractivity contribution in [2.75, 3.05) is 0 Å². The van der Waals surface area contributed by atoms with Crippen molar-refractivity contribution in [3.63, 3.8) is 0 Å². The van der Waals surface area contributed by atoms with Crippen LogP contribution >= 0.6 is 0 Å². The zero-order chi connectivity index (χ0) is 27.4. The Bertz CT molecular complexity index is 1440. The molecule has 1 aliphatic rings. The second-order valence-electron chi connectivity index (χ2n) is 10.2. The van der Waals surface area contributed by atoms with E-state index in [-0.39, 0.29) is 40.1 Å². The van der Waals surface area contributed by atoms with Gasteiger partial charge in [-0.15, -0.1) is 52.6 Å². The van der Waals surface area contributed by atoms with Gasteiger partial charge in [0.1, 0.15) is 0 Å². The van der Waals surface area contributed by atoms with Crippen LogP contribution in [-0.4, -0.2) is 0 Å². The molecule has 7 rings (SSSR count). The van der Waals surface area contributed by atoms with Gasteiger partial charge in [0.05, 0.1) is 0 Å². The summed E-state index contributed by atoms with van der Waals surface area (Å²) in [6.45, 7) is 4.63. The SMILES string of the molecule is C=C([c-]1cccc1)C1C(c2ccccc2)C=C([c-]2cccc2)CC1c1ccccc1.[Fe+2].[Fe+2].c1cc[cH-]c1.c1cc[cH-]c1. The van der Waals surface area contributed by atoms with Crippen molar-refractivity contribution in [1.82, 2.24) is 0 Å². The van der Waals surface area contributed by atoms with E-state index >= 15 is 0 Å². The number of benzene rings is 2. The van der Waals surface area contributed by atoms with Crippen LogP contribution in [0.4, 0.5) is 0 Å². The van der Waals surface area contributed by atoms with Crippen LogP contribution in [0.3, 0.4) is 0 Å². The van der Waals surface area contributed by atoms with Crippen LogP contribution in [0.1, 0.15) is 40.5 Å². The van der Waals surface area contributed by atoms with Crippen molar-refractivity contribution in [3.05, 3.63) is 205 Å². The van der Waals surface area contributed by atoms with Crippen LogP contribution in [0.5, 0.6) is 0 Å². The van der Waals surface area contributed by atoms with Gasteiger partial charge in [-0.05, 0) is 35.3 Å². The Morgan fingerprint density at radius 2 is 1.07 bits per heavy atom. The zero-order valence-electron chi connectivity index (χ0n) is 23.6. The van der Waals surface area contributed by atoms with Crippen molar-refractivity contribution in [2.24, 2.45) is 5.92 Å². The maximum atomic E-state index is 4.63. The molecule has 0 saturated carbocycles. The summed E-state index contributed by atoms with van der Waals surface area (Å²) in [6, 6.07) is 59.3. The molecular weight excluding hydrogens is 592 g/mol. The van der Waals surface area contributed by atoms with Gasteiger partial charge in [-0.25, -0.2) is 24.3 Å². The van der Waals surface area contributed by atoms with E-state index < -0.39 is 0 Å². The molecule has 42 heavy (non-hydrogen) atoms. The minimum absolute atomic E-state index is 0. The van der Waals surface area contributed by atoms with Crippen LogP contribution < -0.4 is 0 Å². The van der Waals surface area contributed by atoms with Crippen molar-refractivity contribution in [2.45, 2.75) is 18.3 Å². The first kappa shape index (κ1) is 32.9. The van der Waals surface area contributed by atoms with Gasteiger partial charge in [0.25, 0.3) is 0 Å². The molecule has 0 amide bonds. The van der Waals surface area contributed by atoms with Crippen molar-refractivity contribution >= 4 is 11.1 Å². The fourth-order valence-electron chi connectivity index (χ4n) is 5.69. The fourth-order valence-corrected chi connectivity index (χ4v) is 5.69. The number of hydrogen-bond acceptors (Lipinski definition) is 0. The quantitative estimate of drug-likeness (QED) is 0.132. The van der Waals surface area contributed by atoms with E-state index in [1.54, 1.807) is 0 Å². The Kier molecular flexibility index (Phi) is 13.6. The molecule has 1 aliphatic carbocycles. The minimum Gasteiger partial charge on any atom is -0.214 e. The second-order valence-corrected chi connectivity index (χ2v) is 10.2. The van der Waals surface area contributed by atoms with Crippen LogP contribution in [0, 0.1) is 5.92 Å². The third-order valence-electron chi connectivity index (χ3n) is 7.63. The molecule has 0 aromatic heterocycles. The molecule has 0 heterocycles. The molecule has 0 nitrogen and oxygen atoms in total. The Morgan fingerprint density at radius 3 is 1.55 bits per heavy atom. The Labute approximate surface area is 272 Å². The van der Waals surface area contributed by atoms with E-state index in [9.17, 15) is 0 Å². The molecule has 0 radical (unpaired) electrons. The van der Waals surface area contributed by atoms with Crippen LogP contribution in [0.2, 0.25) is 0 Å². The van der Waals surface area contributed by atoms with Crippen molar-refractivity contribution in [3.8, 4) is 0 Å². The van der Waals surface area contributed by atoms with E-state index in [0.29, 0.717) is 11.8 Å². The first-order valence-electron chi connectivity index (χ1n) is 14.1. The van der Waals surface area contributed by atoms with Gasteiger partial charge >= 0.3 is 34.1 Å². The van der Waals surface area contributed by atoms with Crippen LogP contribution in [0.15, 0.2) is 183 Å². The first-order valence-corrected chi connectivity index (χ1v) is 14.1. The maximum Gasteiger partial charge on any atom is 2.00 e. The molecular formula is C40H36Fe2. The Balaban J connectivity index is 0.000000341. The average Bonchev–Trinajstić information content (AvgIpc) is 3.86. The fraction of sp³-hybridized carbons (Fsp3) is 0.100. The first-order chi connectivity index (χ1) is 19.8. The second kappa shape index (κ2) is 17.3. The molecule has 6 aromatic rings. The third-order valence-corrected chi connectivity index (χ3v) is 7.63.